The lowest BCUT2D eigenvalue weighted by Gasteiger charge is -2.21. The molecule has 0 bridgehead atoms. The van der Waals surface area contributed by atoms with Crippen molar-refractivity contribution in [2.75, 3.05) is 11.4 Å². The van der Waals surface area contributed by atoms with Gasteiger partial charge in [0.25, 0.3) is 0 Å². The molecule has 1 atom stereocenters. The van der Waals surface area contributed by atoms with Crippen molar-refractivity contribution in [1.29, 1.82) is 0 Å². The largest absolute Gasteiger partial charge is 0.312 e. The fourth-order valence-corrected chi connectivity index (χ4v) is 4.86. The number of anilines is 1. The fraction of sp³-hybridized carbons (Fsp3) is 0.350. The number of amides is 1. The number of sulfonamides is 1. The van der Waals surface area contributed by atoms with Crippen molar-refractivity contribution in [3.63, 3.8) is 0 Å². The third kappa shape index (κ3) is 3.75. The van der Waals surface area contributed by atoms with Crippen molar-refractivity contribution in [3.05, 3.63) is 54.5 Å². The van der Waals surface area contributed by atoms with E-state index in [1.54, 1.807) is 21.4 Å². The van der Waals surface area contributed by atoms with Gasteiger partial charge in [-0.1, -0.05) is 19.9 Å². The average molecular weight is 414 g/mol. The van der Waals surface area contributed by atoms with Crippen LogP contribution < -0.4 is 9.62 Å². The molecule has 1 N–H and O–H groups in total. The van der Waals surface area contributed by atoms with Crippen molar-refractivity contribution >= 4 is 27.3 Å². The molecule has 0 aliphatic carbocycles. The highest BCUT2D eigenvalue weighted by Gasteiger charge is 2.28. The van der Waals surface area contributed by atoms with Crippen LogP contribution in [0.2, 0.25) is 0 Å². The van der Waals surface area contributed by atoms with E-state index in [1.165, 1.54) is 12.1 Å². The topological polar surface area (TPSA) is 96.7 Å². The van der Waals surface area contributed by atoms with E-state index in [0.717, 1.165) is 12.1 Å². The van der Waals surface area contributed by atoms with Crippen LogP contribution in [0, 0.1) is 5.92 Å². The van der Waals surface area contributed by atoms with Gasteiger partial charge < -0.3 is 4.90 Å². The molecule has 1 aliphatic heterocycles. The number of nitrogens with one attached hydrogen (secondary N) is 1. The van der Waals surface area contributed by atoms with Crippen LogP contribution in [0.1, 0.15) is 38.6 Å². The molecule has 1 saturated heterocycles. The minimum Gasteiger partial charge on any atom is -0.312 e. The summed E-state index contributed by atoms with van der Waals surface area (Å²) in [6, 6.07) is 11.4. The molecule has 0 saturated carbocycles. The maximum absolute atomic E-state index is 13.0. The van der Waals surface area contributed by atoms with Crippen LogP contribution in [0.5, 0.6) is 0 Å². The maximum atomic E-state index is 13.0. The quantitative estimate of drug-likeness (QED) is 0.670. The van der Waals surface area contributed by atoms with Gasteiger partial charge in [0.05, 0.1) is 10.9 Å². The molecule has 9 heteroatoms. The van der Waals surface area contributed by atoms with E-state index < -0.39 is 16.1 Å². The first-order valence-corrected chi connectivity index (χ1v) is 11.1. The molecule has 29 heavy (non-hydrogen) atoms. The Bertz CT molecular complexity index is 1140. The molecule has 8 nitrogen and oxygen atoms in total. The van der Waals surface area contributed by atoms with E-state index in [2.05, 4.69) is 14.9 Å². The summed E-state index contributed by atoms with van der Waals surface area (Å²) in [5, 5.41) is 8.34. The van der Waals surface area contributed by atoms with Gasteiger partial charge in [0.1, 0.15) is 0 Å². The van der Waals surface area contributed by atoms with Crippen LogP contribution >= 0.6 is 0 Å². The molecule has 2 aromatic heterocycles. The Balaban J connectivity index is 1.61. The lowest BCUT2D eigenvalue weighted by Crippen LogP contribution is -2.33. The van der Waals surface area contributed by atoms with Gasteiger partial charge in [-0.25, -0.2) is 13.1 Å². The minimum atomic E-state index is -3.79. The Kier molecular flexibility index (Phi) is 5.10. The predicted octanol–water partition coefficient (Wildman–Crippen LogP) is 2.53. The second-order valence-corrected chi connectivity index (χ2v) is 9.19. The minimum absolute atomic E-state index is 0.0427. The number of pyridine rings is 1. The van der Waals surface area contributed by atoms with Crippen molar-refractivity contribution in [2.24, 2.45) is 5.92 Å². The number of carbonyl (C=O) groups excluding carboxylic acids is 1. The molecule has 3 aromatic rings. The average Bonchev–Trinajstić information content (AvgIpc) is 3.32. The predicted molar refractivity (Wildman–Crippen MR) is 109 cm³/mol. The zero-order chi connectivity index (χ0) is 20.6. The number of nitrogens with zero attached hydrogens (tertiary/aromatic N) is 4. The van der Waals surface area contributed by atoms with Crippen LogP contribution in [-0.4, -0.2) is 35.5 Å². The van der Waals surface area contributed by atoms with Gasteiger partial charge >= 0.3 is 0 Å². The molecule has 152 valence electrons. The first kappa shape index (κ1) is 19.5. The summed E-state index contributed by atoms with van der Waals surface area (Å²) in [6.45, 7) is 4.52. The molecule has 1 unspecified atom stereocenters. The maximum Gasteiger partial charge on any atom is 0.241 e. The van der Waals surface area contributed by atoms with Crippen molar-refractivity contribution < 1.29 is 13.2 Å². The summed E-state index contributed by atoms with van der Waals surface area (Å²) in [6.07, 6.45) is 3.17. The van der Waals surface area contributed by atoms with Gasteiger partial charge in [0.2, 0.25) is 15.9 Å². The van der Waals surface area contributed by atoms with Crippen LogP contribution in [0.15, 0.2) is 53.6 Å². The normalized spacial score (nSPS) is 16.1. The summed E-state index contributed by atoms with van der Waals surface area (Å²) in [7, 11) is -3.79. The molecular formula is C20H23N5O3S. The van der Waals surface area contributed by atoms with Crippen LogP contribution in [0.4, 0.5) is 5.69 Å². The highest BCUT2D eigenvalue weighted by Crippen LogP contribution is 2.26. The molecule has 1 aliphatic rings. The number of benzene rings is 1. The Morgan fingerprint density at radius 3 is 2.48 bits per heavy atom. The van der Waals surface area contributed by atoms with Gasteiger partial charge in [0, 0.05) is 24.8 Å². The molecule has 0 spiro atoms. The summed E-state index contributed by atoms with van der Waals surface area (Å²) < 4.78 is 30.6. The standard InChI is InChI=1S/C20H23N5O3S/c1-14(2)19(20-22-21-17-6-3-4-12-25(17)20)23-29(27,28)16-10-8-15(9-11-16)24-13-5-7-18(24)26/h3-4,6,8-12,14,19,23H,5,7,13H2,1-2H3. The Morgan fingerprint density at radius 1 is 1.07 bits per heavy atom. The molecule has 1 aromatic carbocycles. The molecule has 1 fully saturated rings. The Labute approximate surface area is 169 Å². The number of fused-ring (bicyclic) bond motifs is 1. The van der Waals surface area contributed by atoms with Crippen LogP contribution in [0.25, 0.3) is 5.65 Å². The first-order valence-electron chi connectivity index (χ1n) is 9.59. The number of aromatic nitrogens is 3. The van der Waals surface area contributed by atoms with Gasteiger partial charge in [0.15, 0.2) is 11.5 Å². The highest BCUT2D eigenvalue weighted by atomic mass is 32.2. The lowest BCUT2D eigenvalue weighted by atomic mass is 10.1. The zero-order valence-electron chi connectivity index (χ0n) is 16.3. The van der Waals surface area contributed by atoms with Crippen molar-refractivity contribution in [2.45, 2.75) is 37.6 Å². The summed E-state index contributed by atoms with van der Waals surface area (Å²) in [5.41, 5.74) is 1.38. The lowest BCUT2D eigenvalue weighted by molar-refractivity contribution is -0.117. The second kappa shape index (κ2) is 7.57. The number of carbonyl (C=O) groups is 1. The smallest absolute Gasteiger partial charge is 0.241 e. The number of rotatable bonds is 6. The summed E-state index contributed by atoms with van der Waals surface area (Å²) >= 11 is 0. The van der Waals surface area contributed by atoms with E-state index in [9.17, 15) is 13.2 Å². The summed E-state index contributed by atoms with van der Waals surface area (Å²) in [5.74, 6) is 0.564. The highest BCUT2D eigenvalue weighted by molar-refractivity contribution is 7.89. The van der Waals surface area contributed by atoms with Crippen molar-refractivity contribution in [3.8, 4) is 0 Å². The molecule has 0 radical (unpaired) electrons. The Hall–Kier alpha value is -2.78. The third-order valence-electron chi connectivity index (χ3n) is 5.10. The number of hydrogen-bond donors (Lipinski definition) is 1. The fourth-order valence-electron chi connectivity index (χ4n) is 3.52. The molecule has 1 amide bonds. The second-order valence-electron chi connectivity index (χ2n) is 7.47. The molecule has 3 heterocycles. The SMILES string of the molecule is CC(C)C(NS(=O)(=O)c1ccc(N2CCCC2=O)cc1)c1nnc2ccccn12. The van der Waals surface area contributed by atoms with E-state index in [1.807, 2.05) is 38.2 Å². The van der Waals surface area contributed by atoms with Gasteiger partial charge in [-0.3, -0.25) is 9.20 Å². The van der Waals surface area contributed by atoms with Gasteiger partial charge in [-0.05, 0) is 48.7 Å². The third-order valence-corrected chi connectivity index (χ3v) is 6.56. The van der Waals surface area contributed by atoms with Crippen LogP contribution in [0.3, 0.4) is 0 Å². The molecular weight excluding hydrogens is 390 g/mol. The van der Waals surface area contributed by atoms with E-state index in [4.69, 9.17) is 0 Å². The molecule has 4 rings (SSSR count). The van der Waals surface area contributed by atoms with E-state index >= 15 is 0 Å². The Morgan fingerprint density at radius 2 is 1.83 bits per heavy atom. The van der Waals surface area contributed by atoms with Crippen LogP contribution in [-0.2, 0) is 14.8 Å². The summed E-state index contributed by atoms with van der Waals surface area (Å²) in [4.78, 5) is 13.7. The van der Waals surface area contributed by atoms with Gasteiger partial charge in [-0.15, -0.1) is 10.2 Å². The van der Waals surface area contributed by atoms with Crippen molar-refractivity contribution in [1.82, 2.24) is 19.3 Å². The number of hydrogen-bond acceptors (Lipinski definition) is 5. The monoisotopic (exact) mass is 413 g/mol. The van der Waals surface area contributed by atoms with Gasteiger partial charge in [-0.2, -0.15) is 0 Å². The van der Waals surface area contributed by atoms with E-state index in [0.29, 0.717) is 24.4 Å². The van der Waals surface area contributed by atoms with E-state index in [-0.39, 0.29) is 16.7 Å². The first-order chi connectivity index (χ1) is 13.9. The zero-order valence-corrected chi connectivity index (χ0v) is 17.1.